The smallest absolute Gasteiger partial charge is 0 e. The third-order valence-electron chi connectivity index (χ3n) is 0. The van der Waals surface area contributed by atoms with Gasteiger partial charge in [-0.05, 0) is 0 Å². The second-order valence-corrected chi connectivity index (χ2v) is 0. The van der Waals surface area contributed by atoms with Crippen LogP contribution in [0, 0.1) is 0 Å². The van der Waals surface area contributed by atoms with E-state index in [1.54, 1.807) is 0 Å². The molecule has 0 aliphatic carbocycles. The number of hydrogen-bond acceptors (Lipinski definition) is 0. The molecule has 0 bridgehead atoms. The summed E-state index contributed by atoms with van der Waals surface area (Å²) in [6.07, 6.45) is 0. The van der Waals surface area contributed by atoms with Crippen molar-refractivity contribution >= 4 is 0 Å². The molecule has 0 N–H and O–H groups in total. The predicted octanol–water partition coefficient (Wildman–Crippen LogP) is -0.0100. The van der Waals surface area contributed by atoms with E-state index in [-0.39, 0.29) is 73.8 Å². The Bertz CT molecular complexity index is 8.00. The molecule has 4 heteroatoms. The Morgan fingerprint density at radius 1 is 1.00 bits per heavy atom. The molecular formula is FeNiTiV. The molecule has 0 saturated heterocycles. The Morgan fingerprint density at radius 3 is 1.00 bits per heavy atom. The first-order valence-electron chi connectivity index (χ1n) is 0. The maximum atomic E-state index is 0. The van der Waals surface area contributed by atoms with Gasteiger partial charge in [-0.15, -0.1) is 0 Å². The first-order valence-corrected chi connectivity index (χ1v) is 0. The van der Waals surface area contributed by atoms with Crippen LogP contribution in [-0.2, 0) is 73.8 Å². The second kappa shape index (κ2) is 18.5. The van der Waals surface area contributed by atoms with Gasteiger partial charge >= 0.3 is 0 Å². The zero-order valence-corrected chi connectivity index (χ0v) is 6.67. The largest absolute Gasteiger partial charge is 0 e. The van der Waals surface area contributed by atoms with Gasteiger partial charge in [0.2, 0.25) is 0 Å². The quantitative estimate of drug-likeness (QED) is 0.497. The fourth-order valence-corrected chi connectivity index (χ4v) is 0. The Morgan fingerprint density at radius 2 is 1.00 bits per heavy atom. The Labute approximate surface area is 73.0 Å². The first-order chi connectivity index (χ1) is 0. The molecule has 4 heavy (non-hydrogen) atoms. The van der Waals surface area contributed by atoms with Gasteiger partial charge in [0, 0.05) is 73.8 Å². The van der Waals surface area contributed by atoms with Crippen LogP contribution in [0.5, 0.6) is 0 Å². The van der Waals surface area contributed by atoms with Crippen LogP contribution in [0.15, 0.2) is 0 Å². The maximum absolute atomic E-state index is 0. The normalized spacial score (nSPS) is 0. The molecule has 1 radical (unpaired) electrons. The third kappa shape index (κ3) is 8.85. The molecule has 0 nitrogen and oxygen atoms in total. The van der Waals surface area contributed by atoms with E-state index in [0.717, 1.165) is 0 Å². The van der Waals surface area contributed by atoms with Gasteiger partial charge in [-0.25, -0.2) is 0 Å². The minimum absolute atomic E-state index is 0. The summed E-state index contributed by atoms with van der Waals surface area (Å²) in [5, 5.41) is 0. The Hall–Kier alpha value is 2.31. The number of hydrogen-bond donors (Lipinski definition) is 0. The van der Waals surface area contributed by atoms with E-state index < -0.39 is 0 Å². The summed E-state index contributed by atoms with van der Waals surface area (Å²) in [7, 11) is 0. The van der Waals surface area contributed by atoms with E-state index in [2.05, 4.69) is 0 Å². The number of rotatable bonds is 0. The van der Waals surface area contributed by atoms with Crippen LogP contribution in [0.2, 0.25) is 0 Å². The molecule has 0 amide bonds. The summed E-state index contributed by atoms with van der Waals surface area (Å²) in [4.78, 5) is 0. The fraction of sp³-hybridized carbons (Fsp3) is 0. The SMILES string of the molecule is [Fe].[Ni].[Ti].[V]. The van der Waals surface area contributed by atoms with Crippen LogP contribution in [0.4, 0.5) is 0 Å². The summed E-state index contributed by atoms with van der Waals surface area (Å²) < 4.78 is 0. The zero-order chi connectivity index (χ0) is 0. The van der Waals surface area contributed by atoms with Gasteiger partial charge in [0.05, 0.1) is 0 Å². The van der Waals surface area contributed by atoms with E-state index in [1.807, 2.05) is 0 Å². The molecule has 0 unspecified atom stereocenters. The second-order valence-electron chi connectivity index (χ2n) is 0. The van der Waals surface area contributed by atoms with Crippen LogP contribution in [0.1, 0.15) is 0 Å². The fourth-order valence-electron chi connectivity index (χ4n) is 0. The van der Waals surface area contributed by atoms with E-state index in [9.17, 15) is 0 Å². The van der Waals surface area contributed by atoms with Crippen molar-refractivity contribution in [3.63, 3.8) is 0 Å². The van der Waals surface area contributed by atoms with Crippen molar-refractivity contribution in [2.24, 2.45) is 0 Å². The standard InChI is InChI=1S/Fe.Ni.Ti.V. The van der Waals surface area contributed by atoms with Crippen molar-refractivity contribution in [3.8, 4) is 0 Å². The summed E-state index contributed by atoms with van der Waals surface area (Å²) in [5.41, 5.74) is 0. The summed E-state index contributed by atoms with van der Waals surface area (Å²) in [6.45, 7) is 0. The zero-order valence-electron chi connectivity index (χ0n) is 1.62. The topological polar surface area (TPSA) is 0 Å². The average molecular weight is 213 g/mol. The van der Waals surface area contributed by atoms with E-state index in [1.165, 1.54) is 0 Å². The van der Waals surface area contributed by atoms with Crippen LogP contribution < -0.4 is 0 Å². The van der Waals surface area contributed by atoms with Crippen LogP contribution in [-0.4, -0.2) is 0 Å². The van der Waals surface area contributed by atoms with Crippen molar-refractivity contribution in [1.82, 2.24) is 0 Å². The molecular weight excluding hydrogens is 213 g/mol. The van der Waals surface area contributed by atoms with E-state index >= 15 is 0 Å². The molecule has 0 aliphatic heterocycles. The molecule has 0 aromatic carbocycles. The van der Waals surface area contributed by atoms with Gasteiger partial charge in [-0.2, -0.15) is 0 Å². The molecule has 0 saturated carbocycles. The molecule has 0 heterocycles. The minimum atomic E-state index is 0. The maximum Gasteiger partial charge on any atom is 0 e. The minimum Gasteiger partial charge on any atom is 0 e. The molecule has 0 aromatic rings. The molecule has 0 atom stereocenters. The molecule has 0 spiro atoms. The molecule has 0 aromatic heterocycles. The van der Waals surface area contributed by atoms with Gasteiger partial charge < -0.3 is 0 Å². The van der Waals surface area contributed by atoms with Crippen LogP contribution >= 0.6 is 0 Å². The Balaban J connectivity index is 0. The van der Waals surface area contributed by atoms with Crippen LogP contribution in [0.3, 0.4) is 0 Å². The van der Waals surface area contributed by atoms with E-state index in [4.69, 9.17) is 0 Å². The van der Waals surface area contributed by atoms with Crippen molar-refractivity contribution in [2.75, 3.05) is 0 Å². The molecule has 0 rings (SSSR count). The van der Waals surface area contributed by atoms with Crippen molar-refractivity contribution < 1.29 is 73.8 Å². The Kier molecular flexibility index (Phi) is 154. The molecule has 0 fully saturated rings. The van der Waals surface area contributed by atoms with Crippen molar-refractivity contribution in [3.05, 3.63) is 0 Å². The van der Waals surface area contributed by atoms with Gasteiger partial charge in [-0.3, -0.25) is 0 Å². The van der Waals surface area contributed by atoms with Gasteiger partial charge in [-0.1, -0.05) is 0 Å². The monoisotopic (exact) mass is 213 g/mol. The van der Waals surface area contributed by atoms with Crippen LogP contribution in [0.25, 0.3) is 0 Å². The summed E-state index contributed by atoms with van der Waals surface area (Å²) in [5.74, 6) is 0. The van der Waals surface area contributed by atoms with Crippen molar-refractivity contribution in [2.45, 2.75) is 0 Å². The predicted molar refractivity (Wildman–Crippen MR) is 0 cm³/mol. The van der Waals surface area contributed by atoms with E-state index in [0.29, 0.717) is 0 Å². The average Bonchev–Trinajstić information content (AvgIpc) is 0. The molecule has 27 valence electrons. The molecule has 0 aliphatic rings. The van der Waals surface area contributed by atoms with Gasteiger partial charge in [0.15, 0.2) is 0 Å². The summed E-state index contributed by atoms with van der Waals surface area (Å²) in [6, 6.07) is 0. The van der Waals surface area contributed by atoms with Gasteiger partial charge in [0.1, 0.15) is 0 Å². The summed E-state index contributed by atoms with van der Waals surface area (Å²) >= 11 is 0. The third-order valence-corrected chi connectivity index (χ3v) is 0. The van der Waals surface area contributed by atoms with Gasteiger partial charge in [0.25, 0.3) is 0 Å². The first kappa shape index (κ1) is 33.3. The van der Waals surface area contributed by atoms with Crippen molar-refractivity contribution in [1.29, 1.82) is 0 Å².